The minimum absolute atomic E-state index is 0.570. The van der Waals surface area contributed by atoms with E-state index in [1.807, 2.05) is 60.7 Å². The van der Waals surface area contributed by atoms with Crippen LogP contribution in [0.25, 0.3) is 0 Å². The van der Waals surface area contributed by atoms with E-state index in [1.165, 1.54) is 154 Å². The fraction of sp³-hybridized carbons (Fsp3) is 0.613. The van der Waals surface area contributed by atoms with Crippen LogP contribution in [0.5, 0.6) is 11.5 Å². The van der Waals surface area contributed by atoms with E-state index < -0.39 is 11.6 Å². The van der Waals surface area contributed by atoms with Crippen molar-refractivity contribution in [2.24, 2.45) is 0 Å². The number of hydrogen-bond donors (Lipinski definition) is 0. The van der Waals surface area contributed by atoms with Gasteiger partial charge in [0.05, 0.1) is 13.2 Å². The van der Waals surface area contributed by atoms with E-state index in [2.05, 4.69) is 74.5 Å². The Morgan fingerprint density at radius 1 is 0.284 bits per heavy atom. The Kier molecular flexibility index (Phi) is 31.1. The van der Waals surface area contributed by atoms with E-state index in [4.69, 9.17) is 23.7 Å². The van der Waals surface area contributed by atoms with Gasteiger partial charge in [-0.15, -0.1) is 0 Å². The van der Waals surface area contributed by atoms with Gasteiger partial charge < -0.3 is 23.7 Å². The highest BCUT2D eigenvalue weighted by Crippen LogP contribution is 2.44. The summed E-state index contributed by atoms with van der Waals surface area (Å²) < 4.78 is 32.8. The highest BCUT2D eigenvalue weighted by Gasteiger charge is 2.45. The Morgan fingerprint density at radius 2 is 0.522 bits per heavy atom. The molecule has 2 unspecified atom stereocenters. The molecule has 67 heavy (non-hydrogen) atoms. The van der Waals surface area contributed by atoms with Crippen LogP contribution in [0.1, 0.15) is 218 Å². The topological polar surface area (TPSA) is 46.2 Å². The van der Waals surface area contributed by atoms with E-state index in [9.17, 15) is 0 Å². The molecular weight excluding hydrogens is 825 g/mol. The van der Waals surface area contributed by atoms with Gasteiger partial charge in [0, 0.05) is 37.2 Å². The third kappa shape index (κ3) is 24.5. The summed E-state index contributed by atoms with van der Waals surface area (Å²) in [6.07, 6.45) is 37.8. The average molecular weight is 919 g/mol. The Labute approximate surface area is 410 Å². The van der Waals surface area contributed by atoms with Crippen molar-refractivity contribution in [3.63, 3.8) is 0 Å². The molecule has 372 valence electrons. The van der Waals surface area contributed by atoms with Crippen molar-refractivity contribution < 1.29 is 23.7 Å². The van der Waals surface area contributed by atoms with Crippen LogP contribution in [0, 0.1) is 0 Å². The quantitative estimate of drug-likeness (QED) is 0.0327. The van der Waals surface area contributed by atoms with E-state index >= 15 is 0 Å². The summed E-state index contributed by atoms with van der Waals surface area (Å²) in [4.78, 5) is 0. The van der Waals surface area contributed by atoms with Crippen molar-refractivity contribution in [2.45, 2.75) is 218 Å². The van der Waals surface area contributed by atoms with Gasteiger partial charge in [0.25, 0.3) is 0 Å². The lowest BCUT2D eigenvalue weighted by Crippen LogP contribution is -2.45. The zero-order valence-corrected chi connectivity index (χ0v) is 42.6. The summed E-state index contributed by atoms with van der Waals surface area (Å²) in [5.74, 6) is 0.185. The third-order valence-electron chi connectivity index (χ3n) is 13.3. The lowest BCUT2D eigenvalue weighted by Gasteiger charge is -2.44. The van der Waals surface area contributed by atoms with Gasteiger partial charge in [0.2, 0.25) is 0 Å². The number of para-hydroxylation sites is 2. The molecule has 0 aliphatic heterocycles. The first-order valence-corrected chi connectivity index (χ1v) is 27.6. The maximum atomic E-state index is 7.51. The molecule has 0 radical (unpaired) electrons. The van der Waals surface area contributed by atoms with Crippen molar-refractivity contribution in [3.05, 3.63) is 132 Å². The van der Waals surface area contributed by atoms with E-state index in [-0.39, 0.29) is 0 Å². The van der Waals surface area contributed by atoms with Gasteiger partial charge in [-0.25, -0.2) is 0 Å². The second-order valence-electron chi connectivity index (χ2n) is 18.9. The first-order chi connectivity index (χ1) is 33.2. The number of ether oxygens (including phenoxy) is 5. The monoisotopic (exact) mass is 919 g/mol. The Hall–Kier alpha value is -3.64. The zero-order chi connectivity index (χ0) is 47.0. The van der Waals surface area contributed by atoms with Crippen molar-refractivity contribution in [1.29, 1.82) is 0 Å². The molecule has 0 aromatic heterocycles. The van der Waals surface area contributed by atoms with Crippen LogP contribution in [0.15, 0.2) is 121 Å². The van der Waals surface area contributed by atoms with Gasteiger partial charge in [-0.05, 0) is 63.8 Å². The zero-order valence-electron chi connectivity index (χ0n) is 42.6. The minimum Gasteiger partial charge on any atom is -0.494 e. The summed E-state index contributed by atoms with van der Waals surface area (Å²) in [6, 6.07) is 41.8. The standard InChI is InChI=1S/C62H94O5/c1-3-65-61(57-45-33-29-34-46-57,53-41-25-21-17-13-9-5-7-11-15-19-23-27-43-55-63-59-49-37-31-38-50-59)67-62(66-4-2,58-47-35-30-36-48-58)54-42-26-22-18-14-10-6-8-12-16-20-24-28-44-56-64-60-51-39-32-40-52-60/h29-40,45-52H,3-28,41-44,53-56H2,1-2H3. The van der Waals surface area contributed by atoms with Gasteiger partial charge in [-0.2, -0.15) is 0 Å². The number of unbranched alkanes of at least 4 members (excludes halogenated alkanes) is 26. The summed E-state index contributed by atoms with van der Waals surface area (Å²) in [7, 11) is 0. The molecule has 0 saturated carbocycles. The molecule has 0 heterocycles. The Balaban J connectivity index is 1.12. The number of hydrogen-bond acceptors (Lipinski definition) is 5. The maximum Gasteiger partial charge on any atom is 0.198 e. The average Bonchev–Trinajstić information content (AvgIpc) is 3.37. The van der Waals surface area contributed by atoms with E-state index in [0.717, 1.165) is 74.4 Å². The molecule has 0 aliphatic carbocycles. The predicted molar refractivity (Wildman–Crippen MR) is 283 cm³/mol. The van der Waals surface area contributed by atoms with Gasteiger partial charge in [0.15, 0.2) is 11.6 Å². The molecule has 0 N–H and O–H groups in total. The number of benzene rings is 4. The second kappa shape index (κ2) is 37.3. The lowest BCUT2D eigenvalue weighted by molar-refractivity contribution is -0.379. The summed E-state index contributed by atoms with van der Waals surface area (Å²) in [5, 5.41) is 0. The molecule has 5 nitrogen and oxygen atoms in total. The minimum atomic E-state index is -0.894. The van der Waals surface area contributed by atoms with Crippen LogP contribution in [0.4, 0.5) is 0 Å². The van der Waals surface area contributed by atoms with Crippen LogP contribution in [0.2, 0.25) is 0 Å². The van der Waals surface area contributed by atoms with Crippen LogP contribution in [0.3, 0.4) is 0 Å². The molecular formula is C62H94O5. The molecule has 0 saturated heterocycles. The first kappa shape index (κ1) is 56.0. The normalized spacial score (nSPS) is 13.3. The molecule has 0 amide bonds. The van der Waals surface area contributed by atoms with Crippen LogP contribution in [-0.4, -0.2) is 26.4 Å². The van der Waals surface area contributed by atoms with Crippen LogP contribution >= 0.6 is 0 Å². The SMILES string of the molecule is CCOC(CCCCCCCCCCCCCCCCOc1ccccc1)(OC(CCCCCCCCCCCCCCCCOc1ccccc1)(OCC)c1ccccc1)c1ccccc1. The van der Waals surface area contributed by atoms with Crippen LogP contribution in [-0.2, 0) is 25.8 Å². The lowest BCUT2D eigenvalue weighted by atomic mass is 9.94. The number of rotatable bonds is 44. The predicted octanol–water partition coefficient (Wildman–Crippen LogP) is 18.6. The highest BCUT2D eigenvalue weighted by atomic mass is 16.8. The van der Waals surface area contributed by atoms with Gasteiger partial charge in [-0.1, -0.05) is 251 Å². The molecule has 0 bridgehead atoms. The van der Waals surface area contributed by atoms with Crippen molar-refractivity contribution >= 4 is 0 Å². The van der Waals surface area contributed by atoms with Crippen LogP contribution < -0.4 is 9.47 Å². The fourth-order valence-electron chi connectivity index (χ4n) is 9.57. The second-order valence-corrected chi connectivity index (χ2v) is 18.9. The molecule has 4 aromatic rings. The smallest absolute Gasteiger partial charge is 0.198 e. The third-order valence-corrected chi connectivity index (χ3v) is 13.3. The molecule has 4 rings (SSSR count). The van der Waals surface area contributed by atoms with Gasteiger partial charge >= 0.3 is 0 Å². The molecule has 0 fully saturated rings. The van der Waals surface area contributed by atoms with Gasteiger partial charge in [0.1, 0.15) is 11.5 Å². The first-order valence-electron chi connectivity index (χ1n) is 27.6. The van der Waals surface area contributed by atoms with Gasteiger partial charge in [-0.3, -0.25) is 0 Å². The van der Waals surface area contributed by atoms with Crippen molar-refractivity contribution in [3.8, 4) is 11.5 Å². The summed E-state index contributed by atoms with van der Waals surface area (Å²) >= 11 is 0. The molecule has 4 aromatic carbocycles. The highest BCUT2D eigenvalue weighted by molar-refractivity contribution is 5.25. The summed E-state index contributed by atoms with van der Waals surface area (Å²) in [5.41, 5.74) is 2.16. The summed E-state index contributed by atoms with van der Waals surface area (Å²) in [6.45, 7) is 7.00. The van der Waals surface area contributed by atoms with Crippen molar-refractivity contribution in [2.75, 3.05) is 26.4 Å². The Bertz CT molecular complexity index is 1540. The molecule has 0 aliphatic rings. The fourth-order valence-corrected chi connectivity index (χ4v) is 9.57. The van der Waals surface area contributed by atoms with E-state index in [1.54, 1.807) is 0 Å². The molecule has 2 atom stereocenters. The maximum absolute atomic E-state index is 7.51. The van der Waals surface area contributed by atoms with Crippen molar-refractivity contribution in [1.82, 2.24) is 0 Å². The molecule has 0 spiro atoms. The molecule has 5 heteroatoms. The van der Waals surface area contributed by atoms with E-state index in [0.29, 0.717) is 13.2 Å². The largest absolute Gasteiger partial charge is 0.494 e. The Morgan fingerprint density at radius 3 is 0.791 bits per heavy atom.